The number of carbonyl (C=O) groups excluding carboxylic acids is 1. The average molecular weight is 436 g/mol. The van der Waals surface area contributed by atoms with E-state index in [0.29, 0.717) is 34.9 Å². The Balaban J connectivity index is 1.54. The first kappa shape index (κ1) is 22.8. The number of amides is 1. The fourth-order valence-electron chi connectivity index (χ4n) is 2.79. The van der Waals surface area contributed by atoms with Crippen molar-refractivity contribution in [3.05, 3.63) is 89.2 Å². The second-order valence-electron chi connectivity index (χ2n) is 6.94. The summed E-state index contributed by atoms with van der Waals surface area (Å²) >= 11 is 0. The Morgan fingerprint density at radius 1 is 1.03 bits per heavy atom. The van der Waals surface area contributed by atoms with Crippen LogP contribution in [0.25, 0.3) is 0 Å². The van der Waals surface area contributed by atoms with Crippen molar-refractivity contribution in [3.8, 4) is 11.5 Å². The normalized spacial score (nSPS) is 10.7. The van der Waals surface area contributed by atoms with Gasteiger partial charge >= 0.3 is 0 Å². The van der Waals surface area contributed by atoms with Crippen LogP contribution in [0.2, 0.25) is 0 Å². The average Bonchev–Trinajstić information content (AvgIpc) is 2.79. The zero-order valence-corrected chi connectivity index (χ0v) is 18.0. The molecule has 6 nitrogen and oxygen atoms in total. The van der Waals surface area contributed by atoms with Crippen LogP contribution in [-0.2, 0) is 16.2 Å². The molecule has 0 spiro atoms. The molecule has 0 saturated carbocycles. The van der Waals surface area contributed by atoms with Crippen molar-refractivity contribution in [1.29, 1.82) is 0 Å². The van der Waals surface area contributed by atoms with E-state index in [-0.39, 0.29) is 24.9 Å². The smallest absolute Gasteiger partial charge is 0.265 e. The lowest BCUT2D eigenvalue weighted by Gasteiger charge is -2.13. The van der Waals surface area contributed by atoms with Gasteiger partial charge in [-0.05, 0) is 50.2 Å². The van der Waals surface area contributed by atoms with Crippen molar-refractivity contribution in [2.75, 3.05) is 18.5 Å². The number of rotatable bonds is 10. The molecule has 0 atom stereocenters. The Labute approximate surface area is 186 Å². The summed E-state index contributed by atoms with van der Waals surface area (Å²) in [6.45, 7) is 4.14. The van der Waals surface area contributed by atoms with Gasteiger partial charge in [0.1, 0.15) is 12.4 Å². The number of benzene rings is 3. The van der Waals surface area contributed by atoms with Gasteiger partial charge in [-0.15, -0.1) is 0 Å². The largest absolute Gasteiger partial charge is 0.490 e. The fourth-order valence-corrected chi connectivity index (χ4v) is 2.79. The highest BCUT2D eigenvalue weighted by molar-refractivity contribution is 5.91. The molecular weight excluding hydrogens is 411 g/mol. The van der Waals surface area contributed by atoms with Gasteiger partial charge < -0.3 is 19.6 Å². The topological polar surface area (TPSA) is 69.2 Å². The number of anilines is 1. The van der Waals surface area contributed by atoms with Gasteiger partial charge in [0.15, 0.2) is 18.1 Å². The minimum absolute atomic E-state index is 0.0827. The summed E-state index contributed by atoms with van der Waals surface area (Å²) in [6.07, 6.45) is 1.47. The molecule has 7 heteroatoms. The Kier molecular flexibility index (Phi) is 8.20. The molecule has 0 aliphatic carbocycles. The highest BCUT2D eigenvalue weighted by Crippen LogP contribution is 2.29. The summed E-state index contributed by atoms with van der Waals surface area (Å²) in [5.74, 6) is 0.367. The van der Waals surface area contributed by atoms with E-state index in [0.717, 1.165) is 5.56 Å². The lowest BCUT2D eigenvalue weighted by molar-refractivity contribution is -0.120. The second kappa shape index (κ2) is 11.5. The Morgan fingerprint density at radius 2 is 1.81 bits per heavy atom. The van der Waals surface area contributed by atoms with Crippen LogP contribution >= 0.6 is 0 Å². The number of hydrogen-bond acceptors (Lipinski definition) is 5. The highest BCUT2D eigenvalue weighted by atomic mass is 19.1. The van der Waals surface area contributed by atoms with Crippen LogP contribution in [-0.4, -0.2) is 25.3 Å². The predicted molar refractivity (Wildman–Crippen MR) is 122 cm³/mol. The summed E-state index contributed by atoms with van der Waals surface area (Å²) in [6, 6.07) is 19.1. The van der Waals surface area contributed by atoms with Crippen LogP contribution < -0.4 is 14.8 Å². The van der Waals surface area contributed by atoms with E-state index < -0.39 is 0 Å². The van der Waals surface area contributed by atoms with Gasteiger partial charge in [-0.1, -0.05) is 41.1 Å². The number of ether oxygens (including phenoxy) is 2. The van der Waals surface area contributed by atoms with E-state index in [2.05, 4.69) is 10.5 Å². The zero-order chi connectivity index (χ0) is 22.8. The first-order valence-electron chi connectivity index (χ1n) is 10.2. The molecular formula is C25H25FN2O4. The molecule has 3 aromatic carbocycles. The molecule has 3 aromatic rings. The molecule has 0 heterocycles. The minimum atomic E-state index is -0.322. The summed E-state index contributed by atoms with van der Waals surface area (Å²) < 4.78 is 25.2. The molecule has 0 fully saturated rings. The van der Waals surface area contributed by atoms with Crippen molar-refractivity contribution >= 4 is 17.8 Å². The Morgan fingerprint density at radius 3 is 2.56 bits per heavy atom. The first-order valence-corrected chi connectivity index (χ1v) is 10.2. The number of hydrogen-bond donors (Lipinski definition) is 1. The van der Waals surface area contributed by atoms with Gasteiger partial charge in [0.05, 0.1) is 12.8 Å². The Hall–Kier alpha value is -3.87. The SMILES string of the molecule is CCOc1cc(C=NOCC(=O)Nc2ccc(C)cc2)ccc1OCc1ccccc1F. The summed E-state index contributed by atoms with van der Waals surface area (Å²) in [5.41, 5.74) is 2.96. The predicted octanol–water partition coefficient (Wildman–Crippen LogP) is 5.10. The second-order valence-corrected chi connectivity index (χ2v) is 6.94. The van der Waals surface area contributed by atoms with Gasteiger partial charge in [-0.2, -0.15) is 0 Å². The van der Waals surface area contributed by atoms with Crippen LogP contribution in [0.1, 0.15) is 23.6 Å². The van der Waals surface area contributed by atoms with Crippen LogP contribution in [0.15, 0.2) is 71.9 Å². The maximum absolute atomic E-state index is 13.8. The minimum Gasteiger partial charge on any atom is -0.490 e. The molecule has 0 aliphatic rings. The fraction of sp³-hybridized carbons (Fsp3) is 0.200. The van der Waals surface area contributed by atoms with Crippen molar-refractivity contribution in [1.82, 2.24) is 0 Å². The summed E-state index contributed by atoms with van der Waals surface area (Å²) in [5, 5.41) is 6.57. The zero-order valence-electron chi connectivity index (χ0n) is 18.0. The molecule has 0 radical (unpaired) electrons. The van der Waals surface area contributed by atoms with E-state index in [1.54, 1.807) is 36.4 Å². The van der Waals surface area contributed by atoms with Crippen LogP contribution in [0.5, 0.6) is 11.5 Å². The third-order valence-corrected chi connectivity index (χ3v) is 4.42. The van der Waals surface area contributed by atoms with Crippen molar-refractivity contribution in [3.63, 3.8) is 0 Å². The number of carbonyl (C=O) groups is 1. The van der Waals surface area contributed by atoms with Crippen molar-refractivity contribution in [2.45, 2.75) is 20.5 Å². The lowest BCUT2D eigenvalue weighted by Crippen LogP contribution is -2.16. The lowest BCUT2D eigenvalue weighted by atomic mass is 10.2. The van der Waals surface area contributed by atoms with Gasteiger partial charge in [0, 0.05) is 16.8 Å². The van der Waals surface area contributed by atoms with Gasteiger partial charge in [0.2, 0.25) is 0 Å². The quantitative estimate of drug-likeness (QED) is 0.355. The van der Waals surface area contributed by atoms with E-state index >= 15 is 0 Å². The first-order chi connectivity index (χ1) is 15.5. The van der Waals surface area contributed by atoms with Crippen molar-refractivity contribution < 1.29 is 23.5 Å². The molecule has 0 unspecified atom stereocenters. The molecule has 166 valence electrons. The van der Waals surface area contributed by atoms with Crippen molar-refractivity contribution in [2.24, 2.45) is 5.16 Å². The third kappa shape index (κ3) is 6.84. The van der Waals surface area contributed by atoms with Gasteiger partial charge in [0.25, 0.3) is 5.91 Å². The molecule has 0 bridgehead atoms. The maximum atomic E-state index is 13.8. The molecule has 0 saturated heterocycles. The monoisotopic (exact) mass is 436 g/mol. The number of nitrogens with one attached hydrogen (secondary N) is 1. The maximum Gasteiger partial charge on any atom is 0.265 e. The standard InChI is InChI=1S/C25H25FN2O4/c1-3-30-24-14-19(10-13-23(24)31-16-20-6-4-5-7-22(20)26)15-27-32-17-25(29)28-21-11-8-18(2)9-12-21/h4-15H,3,16-17H2,1-2H3,(H,28,29). The number of oxime groups is 1. The van der Waals surface area contributed by atoms with Gasteiger partial charge in [-0.25, -0.2) is 4.39 Å². The molecule has 32 heavy (non-hydrogen) atoms. The molecule has 0 aromatic heterocycles. The molecule has 1 N–H and O–H groups in total. The number of halogens is 1. The van der Waals surface area contributed by atoms with E-state index in [1.165, 1.54) is 12.3 Å². The summed E-state index contributed by atoms with van der Waals surface area (Å²) in [7, 11) is 0. The molecule has 0 aliphatic heterocycles. The number of nitrogens with zero attached hydrogens (tertiary/aromatic N) is 1. The van der Waals surface area contributed by atoms with Gasteiger partial charge in [-0.3, -0.25) is 4.79 Å². The molecule has 1 amide bonds. The Bertz CT molecular complexity index is 1070. The van der Waals surface area contributed by atoms with Crippen LogP contribution in [0.4, 0.5) is 10.1 Å². The van der Waals surface area contributed by atoms with E-state index in [4.69, 9.17) is 14.3 Å². The van der Waals surface area contributed by atoms with Crippen LogP contribution in [0.3, 0.4) is 0 Å². The third-order valence-electron chi connectivity index (χ3n) is 4.42. The summed E-state index contributed by atoms with van der Waals surface area (Å²) in [4.78, 5) is 17.0. The van der Waals surface area contributed by atoms with Crippen LogP contribution in [0, 0.1) is 12.7 Å². The van der Waals surface area contributed by atoms with E-state index in [1.807, 2.05) is 38.1 Å². The highest BCUT2D eigenvalue weighted by Gasteiger charge is 2.08. The molecule has 3 rings (SSSR count). The number of aryl methyl sites for hydroxylation is 1. The van der Waals surface area contributed by atoms with E-state index in [9.17, 15) is 9.18 Å².